The molecule has 0 saturated heterocycles. The van der Waals surface area contributed by atoms with E-state index in [4.69, 9.17) is 5.26 Å². The molecule has 1 rings (SSSR count). The number of nitrogens with zero attached hydrogens (tertiary/aromatic N) is 1. The smallest absolute Gasteiger partial charge is 0.133 e. The minimum Gasteiger partial charge on any atom is -0.185 e. The molecule has 1 atom stereocenters. The van der Waals surface area contributed by atoms with Crippen molar-refractivity contribution < 1.29 is 0 Å². The van der Waals surface area contributed by atoms with Gasteiger partial charge in [-0.3, -0.25) is 0 Å². The van der Waals surface area contributed by atoms with E-state index < -0.39 is 0 Å². The number of hydrogen-bond acceptors (Lipinski definition) is 2. The molecule has 1 unspecified atom stereocenters. The molecule has 0 spiro atoms. The SMILES string of the molecule is CC(Cc1ccccc1)SC#N. The summed E-state index contributed by atoms with van der Waals surface area (Å²) >= 11 is 1.33. The predicted molar refractivity (Wildman–Crippen MR) is 52.8 cm³/mol. The molecule has 0 fully saturated rings. The number of benzene rings is 1. The Morgan fingerprint density at radius 1 is 1.42 bits per heavy atom. The summed E-state index contributed by atoms with van der Waals surface area (Å²) in [6.07, 6.45) is 0.971. The van der Waals surface area contributed by atoms with Crippen LogP contribution in [0.4, 0.5) is 0 Å². The molecule has 0 amide bonds. The molecule has 1 nitrogen and oxygen atoms in total. The molecule has 0 aliphatic rings. The Morgan fingerprint density at radius 2 is 2.08 bits per heavy atom. The zero-order chi connectivity index (χ0) is 8.81. The largest absolute Gasteiger partial charge is 0.185 e. The summed E-state index contributed by atoms with van der Waals surface area (Å²) < 4.78 is 0. The maximum absolute atomic E-state index is 8.43. The highest BCUT2D eigenvalue weighted by Crippen LogP contribution is 2.13. The molecule has 0 aromatic heterocycles. The highest BCUT2D eigenvalue weighted by atomic mass is 32.2. The second-order valence-corrected chi connectivity index (χ2v) is 3.93. The lowest BCUT2D eigenvalue weighted by molar-refractivity contribution is 0.947. The van der Waals surface area contributed by atoms with Gasteiger partial charge in [0.1, 0.15) is 5.40 Å². The Balaban J connectivity index is 2.48. The minimum absolute atomic E-state index is 0.386. The first kappa shape index (κ1) is 9.15. The number of hydrogen-bond donors (Lipinski definition) is 0. The van der Waals surface area contributed by atoms with Gasteiger partial charge in [0.2, 0.25) is 0 Å². The lowest BCUT2D eigenvalue weighted by Crippen LogP contribution is -1.99. The van der Waals surface area contributed by atoms with Crippen LogP contribution < -0.4 is 0 Å². The van der Waals surface area contributed by atoms with Gasteiger partial charge >= 0.3 is 0 Å². The van der Waals surface area contributed by atoms with Crippen LogP contribution >= 0.6 is 11.8 Å². The van der Waals surface area contributed by atoms with Gasteiger partial charge in [-0.15, -0.1) is 0 Å². The summed E-state index contributed by atoms with van der Waals surface area (Å²) in [5.41, 5.74) is 1.30. The summed E-state index contributed by atoms with van der Waals surface area (Å²) in [4.78, 5) is 0. The third kappa shape index (κ3) is 2.98. The van der Waals surface area contributed by atoms with Crippen molar-refractivity contribution in [3.8, 4) is 5.40 Å². The van der Waals surface area contributed by atoms with Crippen LogP contribution in [0.3, 0.4) is 0 Å². The average molecular weight is 177 g/mol. The van der Waals surface area contributed by atoms with E-state index >= 15 is 0 Å². The van der Waals surface area contributed by atoms with E-state index in [0.29, 0.717) is 5.25 Å². The van der Waals surface area contributed by atoms with Crippen LogP contribution in [0.5, 0.6) is 0 Å². The van der Waals surface area contributed by atoms with Gasteiger partial charge < -0.3 is 0 Å². The second kappa shape index (κ2) is 4.84. The van der Waals surface area contributed by atoms with Crippen molar-refractivity contribution in [1.29, 1.82) is 5.26 Å². The Kier molecular flexibility index (Phi) is 3.69. The van der Waals surface area contributed by atoms with Gasteiger partial charge in [0.05, 0.1) is 0 Å². The molecule has 12 heavy (non-hydrogen) atoms. The van der Waals surface area contributed by atoms with Gasteiger partial charge in [-0.25, -0.2) is 0 Å². The van der Waals surface area contributed by atoms with Gasteiger partial charge in [-0.1, -0.05) is 37.3 Å². The molecular weight excluding hydrogens is 166 g/mol. The van der Waals surface area contributed by atoms with Crippen molar-refractivity contribution in [1.82, 2.24) is 0 Å². The van der Waals surface area contributed by atoms with E-state index in [1.165, 1.54) is 17.3 Å². The standard InChI is InChI=1S/C10H11NS/c1-9(12-8-11)7-10-5-3-2-4-6-10/h2-6,9H,7H2,1H3. The quantitative estimate of drug-likeness (QED) is 0.663. The monoisotopic (exact) mass is 177 g/mol. The summed E-state index contributed by atoms with van der Waals surface area (Å²) in [7, 11) is 0. The van der Waals surface area contributed by atoms with Crippen LogP contribution in [0.1, 0.15) is 12.5 Å². The summed E-state index contributed by atoms with van der Waals surface area (Å²) in [5, 5.41) is 10.9. The topological polar surface area (TPSA) is 23.8 Å². The van der Waals surface area contributed by atoms with Crippen molar-refractivity contribution in [2.75, 3.05) is 0 Å². The third-order valence-electron chi connectivity index (χ3n) is 1.62. The van der Waals surface area contributed by atoms with Crippen LogP contribution in [0.25, 0.3) is 0 Å². The lowest BCUT2D eigenvalue weighted by atomic mass is 10.1. The first-order chi connectivity index (χ1) is 5.83. The van der Waals surface area contributed by atoms with Crippen molar-refractivity contribution in [2.24, 2.45) is 0 Å². The fourth-order valence-electron chi connectivity index (χ4n) is 1.08. The molecule has 0 aliphatic carbocycles. The number of thioether (sulfide) groups is 1. The normalized spacial score (nSPS) is 12.0. The number of thiocyanates is 1. The first-order valence-corrected chi connectivity index (χ1v) is 4.79. The zero-order valence-corrected chi connectivity index (χ0v) is 7.84. The van der Waals surface area contributed by atoms with E-state index in [2.05, 4.69) is 24.5 Å². The minimum atomic E-state index is 0.386. The summed E-state index contributed by atoms with van der Waals surface area (Å²) in [5.74, 6) is 0. The van der Waals surface area contributed by atoms with Crippen molar-refractivity contribution in [3.05, 3.63) is 35.9 Å². The second-order valence-electron chi connectivity index (χ2n) is 2.71. The van der Waals surface area contributed by atoms with Crippen LogP contribution in [0.2, 0.25) is 0 Å². The van der Waals surface area contributed by atoms with Crippen molar-refractivity contribution in [3.63, 3.8) is 0 Å². The molecule has 62 valence electrons. The molecule has 0 aliphatic heterocycles. The average Bonchev–Trinajstić information content (AvgIpc) is 2.06. The van der Waals surface area contributed by atoms with E-state index in [1.807, 2.05) is 18.2 Å². The van der Waals surface area contributed by atoms with E-state index in [-0.39, 0.29) is 0 Å². The highest BCUT2D eigenvalue weighted by molar-refractivity contribution is 8.04. The van der Waals surface area contributed by atoms with E-state index in [9.17, 15) is 0 Å². The molecule has 1 aromatic carbocycles. The van der Waals surface area contributed by atoms with E-state index in [0.717, 1.165) is 6.42 Å². The lowest BCUT2D eigenvalue weighted by Gasteiger charge is -2.04. The summed E-state index contributed by atoms with van der Waals surface area (Å²) in [6.45, 7) is 2.07. The molecular formula is C10H11NS. The van der Waals surface area contributed by atoms with Gasteiger partial charge in [0.15, 0.2) is 0 Å². The fourth-order valence-corrected chi connectivity index (χ4v) is 1.53. The van der Waals surface area contributed by atoms with Crippen LogP contribution in [0.15, 0.2) is 30.3 Å². The molecule has 0 radical (unpaired) electrons. The highest BCUT2D eigenvalue weighted by Gasteiger charge is 2.02. The third-order valence-corrected chi connectivity index (χ3v) is 2.29. The van der Waals surface area contributed by atoms with Crippen molar-refractivity contribution in [2.45, 2.75) is 18.6 Å². The van der Waals surface area contributed by atoms with Gasteiger partial charge in [0, 0.05) is 5.25 Å². The van der Waals surface area contributed by atoms with Crippen LogP contribution in [0, 0.1) is 10.7 Å². The Labute approximate surface area is 77.4 Å². The zero-order valence-electron chi connectivity index (χ0n) is 7.03. The molecule has 0 N–H and O–H groups in total. The van der Waals surface area contributed by atoms with Gasteiger partial charge in [0.25, 0.3) is 0 Å². The summed E-state index contributed by atoms with van der Waals surface area (Å²) in [6, 6.07) is 10.2. The first-order valence-electron chi connectivity index (χ1n) is 3.91. The Morgan fingerprint density at radius 3 is 2.67 bits per heavy atom. The Bertz CT molecular complexity index is 263. The number of nitriles is 1. The maximum Gasteiger partial charge on any atom is 0.133 e. The molecule has 1 aromatic rings. The maximum atomic E-state index is 8.43. The van der Waals surface area contributed by atoms with Crippen molar-refractivity contribution >= 4 is 11.8 Å². The molecule has 0 bridgehead atoms. The Hall–Kier alpha value is -0.940. The molecule has 0 saturated carbocycles. The van der Waals surface area contributed by atoms with Gasteiger partial charge in [-0.05, 0) is 23.7 Å². The van der Waals surface area contributed by atoms with E-state index in [1.54, 1.807) is 0 Å². The number of rotatable bonds is 3. The van der Waals surface area contributed by atoms with Crippen LogP contribution in [-0.2, 0) is 6.42 Å². The fraction of sp³-hybridized carbons (Fsp3) is 0.300. The van der Waals surface area contributed by atoms with Crippen LogP contribution in [-0.4, -0.2) is 5.25 Å². The molecule has 0 heterocycles. The molecule has 2 heteroatoms. The predicted octanol–water partition coefficient (Wildman–Crippen LogP) is 2.83. The van der Waals surface area contributed by atoms with Gasteiger partial charge in [-0.2, -0.15) is 5.26 Å².